The van der Waals surface area contributed by atoms with E-state index in [2.05, 4.69) is 10.0 Å². The zero-order chi connectivity index (χ0) is 18.1. The molecule has 1 aliphatic heterocycles. The molecule has 0 atom stereocenters. The van der Waals surface area contributed by atoms with Gasteiger partial charge in [0.25, 0.3) is 10.0 Å². The molecule has 0 radical (unpaired) electrons. The monoisotopic (exact) mass is 368 g/mol. The van der Waals surface area contributed by atoms with E-state index < -0.39 is 10.0 Å². The quantitative estimate of drug-likeness (QED) is 0.656. The molecule has 3 N–H and O–H groups in total. The SMILES string of the molecule is N=C1c2ccoc2NCN1c1ccc(NS(=O)(=O)c2ccccc2)cc1. The minimum Gasteiger partial charge on any atom is -0.448 e. The third-order valence-electron chi connectivity index (χ3n) is 4.07. The second kappa shape index (κ2) is 6.23. The van der Waals surface area contributed by atoms with Gasteiger partial charge < -0.3 is 14.6 Å². The standard InChI is InChI=1S/C18H16N4O3S/c19-17-16-10-11-25-18(16)20-12-22(17)14-8-6-13(7-9-14)21-26(23,24)15-4-2-1-3-5-15/h1-11,19-21H,12H2. The van der Waals surface area contributed by atoms with Crippen LogP contribution in [0.4, 0.5) is 17.3 Å². The normalized spacial score (nSPS) is 13.8. The van der Waals surface area contributed by atoms with Crippen molar-refractivity contribution >= 4 is 33.1 Å². The van der Waals surface area contributed by atoms with Gasteiger partial charge in [0, 0.05) is 11.4 Å². The summed E-state index contributed by atoms with van der Waals surface area (Å²) >= 11 is 0. The van der Waals surface area contributed by atoms with Crippen LogP contribution >= 0.6 is 0 Å². The zero-order valence-corrected chi connectivity index (χ0v) is 14.5. The molecule has 0 bridgehead atoms. The second-order valence-electron chi connectivity index (χ2n) is 5.74. The molecular weight excluding hydrogens is 352 g/mol. The summed E-state index contributed by atoms with van der Waals surface area (Å²) in [6, 6.07) is 16.8. The Morgan fingerprint density at radius 1 is 1.04 bits per heavy atom. The molecule has 2 aromatic carbocycles. The lowest BCUT2D eigenvalue weighted by molar-refractivity contribution is 0.577. The first kappa shape index (κ1) is 16.2. The van der Waals surface area contributed by atoms with Crippen LogP contribution in [0.15, 0.2) is 76.2 Å². The van der Waals surface area contributed by atoms with E-state index in [1.807, 2.05) is 0 Å². The van der Waals surface area contributed by atoms with E-state index in [9.17, 15) is 8.42 Å². The Morgan fingerprint density at radius 3 is 2.50 bits per heavy atom. The molecule has 0 amide bonds. The molecular formula is C18H16N4O3S. The highest BCUT2D eigenvalue weighted by Crippen LogP contribution is 2.28. The fourth-order valence-electron chi connectivity index (χ4n) is 2.75. The van der Waals surface area contributed by atoms with Crippen molar-refractivity contribution in [2.75, 3.05) is 21.6 Å². The highest BCUT2D eigenvalue weighted by molar-refractivity contribution is 7.92. The summed E-state index contributed by atoms with van der Waals surface area (Å²) in [6.45, 7) is 0.397. The molecule has 26 heavy (non-hydrogen) atoms. The molecule has 8 heteroatoms. The lowest BCUT2D eigenvalue weighted by Crippen LogP contribution is -2.39. The van der Waals surface area contributed by atoms with Crippen molar-refractivity contribution in [3.63, 3.8) is 0 Å². The lowest BCUT2D eigenvalue weighted by Gasteiger charge is -2.29. The van der Waals surface area contributed by atoms with Gasteiger partial charge in [0.05, 0.1) is 23.4 Å². The summed E-state index contributed by atoms with van der Waals surface area (Å²) in [5.74, 6) is 0.906. The highest BCUT2D eigenvalue weighted by atomic mass is 32.2. The number of hydrogen-bond donors (Lipinski definition) is 3. The number of sulfonamides is 1. The Hall–Kier alpha value is -3.26. The summed E-state index contributed by atoms with van der Waals surface area (Å²) in [5.41, 5.74) is 1.92. The highest BCUT2D eigenvalue weighted by Gasteiger charge is 2.24. The van der Waals surface area contributed by atoms with Gasteiger partial charge in [0.2, 0.25) is 5.88 Å². The summed E-state index contributed by atoms with van der Waals surface area (Å²) in [5, 5.41) is 11.4. The van der Waals surface area contributed by atoms with Crippen molar-refractivity contribution in [1.82, 2.24) is 0 Å². The summed E-state index contributed by atoms with van der Waals surface area (Å²) in [7, 11) is -3.62. The van der Waals surface area contributed by atoms with Crippen LogP contribution in [-0.2, 0) is 10.0 Å². The molecule has 2 heterocycles. The minimum absolute atomic E-state index is 0.207. The zero-order valence-electron chi connectivity index (χ0n) is 13.6. The topological polar surface area (TPSA) is 98.4 Å². The van der Waals surface area contributed by atoms with E-state index in [1.165, 1.54) is 6.26 Å². The van der Waals surface area contributed by atoms with Gasteiger partial charge in [0.1, 0.15) is 5.84 Å². The number of nitrogens with one attached hydrogen (secondary N) is 3. The first-order valence-electron chi connectivity index (χ1n) is 7.90. The number of nitrogens with zero attached hydrogens (tertiary/aromatic N) is 1. The number of hydrogen-bond acceptors (Lipinski definition) is 5. The van der Waals surface area contributed by atoms with Gasteiger partial charge in [-0.25, -0.2) is 8.42 Å². The van der Waals surface area contributed by atoms with Crippen molar-refractivity contribution in [2.24, 2.45) is 0 Å². The average molecular weight is 368 g/mol. The van der Waals surface area contributed by atoms with Crippen LogP contribution < -0.4 is 14.9 Å². The molecule has 0 saturated carbocycles. The molecule has 4 rings (SSSR count). The maximum absolute atomic E-state index is 12.4. The second-order valence-corrected chi connectivity index (χ2v) is 7.42. The van der Waals surface area contributed by atoms with E-state index in [0.29, 0.717) is 29.6 Å². The van der Waals surface area contributed by atoms with Crippen LogP contribution in [0.2, 0.25) is 0 Å². The van der Waals surface area contributed by atoms with Crippen LogP contribution in [0.5, 0.6) is 0 Å². The smallest absolute Gasteiger partial charge is 0.261 e. The summed E-state index contributed by atoms with van der Waals surface area (Å²) < 4.78 is 32.6. The van der Waals surface area contributed by atoms with E-state index in [4.69, 9.17) is 9.83 Å². The van der Waals surface area contributed by atoms with Crippen LogP contribution in [0, 0.1) is 5.41 Å². The molecule has 1 aliphatic rings. The van der Waals surface area contributed by atoms with Crippen LogP contribution in [0.3, 0.4) is 0 Å². The third kappa shape index (κ3) is 2.91. The van der Waals surface area contributed by atoms with E-state index in [1.54, 1.807) is 65.6 Å². The fraction of sp³-hybridized carbons (Fsp3) is 0.0556. The van der Waals surface area contributed by atoms with Gasteiger partial charge in [-0.2, -0.15) is 0 Å². The van der Waals surface area contributed by atoms with Gasteiger partial charge in [-0.15, -0.1) is 0 Å². The summed E-state index contributed by atoms with van der Waals surface area (Å²) in [6.07, 6.45) is 1.54. The number of amidine groups is 1. The average Bonchev–Trinajstić information content (AvgIpc) is 3.13. The fourth-order valence-corrected chi connectivity index (χ4v) is 3.83. The van der Waals surface area contributed by atoms with Gasteiger partial charge in [-0.1, -0.05) is 18.2 Å². The number of anilines is 3. The number of furan rings is 1. The Bertz CT molecular complexity index is 1040. The van der Waals surface area contributed by atoms with E-state index >= 15 is 0 Å². The predicted molar refractivity (Wildman–Crippen MR) is 100 cm³/mol. The molecule has 0 saturated heterocycles. The molecule has 0 unspecified atom stereocenters. The van der Waals surface area contributed by atoms with Crippen LogP contribution in [0.25, 0.3) is 0 Å². The maximum Gasteiger partial charge on any atom is 0.261 e. The number of benzene rings is 2. The van der Waals surface area contributed by atoms with Crippen LogP contribution in [-0.4, -0.2) is 20.9 Å². The summed E-state index contributed by atoms with van der Waals surface area (Å²) in [4.78, 5) is 1.98. The van der Waals surface area contributed by atoms with Crippen LogP contribution in [0.1, 0.15) is 5.56 Å². The molecule has 0 fully saturated rings. The Balaban J connectivity index is 1.54. The first-order valence-corrected chi connectivity index (χ1v) is 9.39. The first-order chi connectivity index (χ1) is 12.5. The molecule has 7 nitrogen and oxygen atoms in total. The Kier molecular flexibility index (Phi) is 3.89. The van der Waals surface area contributed by atoms with Gasteiger partial charge in [-0.3, -0.25) is 10.1 Å². The number of fused-ring (bicyclic) bond motifs is 1. The molecule has 0 spiro atoms. The predicted octanol–water partition coefficient (Wildman–Crippen LogP) is 3.30. The minimum atomic E-state index is -3.62. The molecule has 3 aromatic rings. The van der Waals surface area contributed by atoms with E-state index in [-0.39, 0.29) is 4.90 Å². The van der Waals surface area contributed by atoms with Crippen molar-refractivity contribution in [3.8, 4) is 0 Å². The number of rotatable bonds is 4. The largest absolute Gasteiger partial charge is 0.448 e. The van der Waals surface area contributed by atoms with Crippen molar-refractivity contribution in [1.29, 1.82) is 5.41 Å². The van der Waals surface area contributed by atoms with Gasteiger partial charge in [0.15, 0.2) is 0 Å². The van der Waals surface area contributed by atoms with Gasteiger partial charge >= 0.3 is 0 Å². The van der Waals surface area contributed by atoms with Crippen molar-refractivity contribution in [3.05, 3.63) is 72.5 Å². The molecule has 0 aliphatic carbocycles. The van der Waals surface area contributed by atoms with E-state index in [0.717, 1.165) is 5.69 Å². The Labute approximate surface area is 150 Å². The third-order valence-corrected chi connectivity index (χ3v) is 5.47. The Morgan fingerprint density at radius 2 is 1.77 bits per heavy atom. The van der Waals surface area contributed by atoms with Crippen molar-refractivity contribution in [2.45, 2.75) is 4.90 Å². The lowest BCUT2D eigenvalue weighted by atomic mass is 10.2. The maximum atomic E-state index is 12.4. The molecule has 132 valence electrons. The van der Waals surface area contributed by atoms with Gasteiger partial charge in [-0.05, 0) is 42.5 Å². The van der Waals surface area contributed by atoms with Crippen molar-refractivity contribution < 1.29 is 12.8 Å². The molecule has 1 aromatic heterocycles.